The smallest absolute Gasteiger partial charge is 0.270 e. The molecule has 0 fully saturated rings. The minimum Gasteiger partial charge on any atom is -0.289 e. The van der Waals surface area contributed by atoms with Crippen LogP contribution in [0, 0.1) is 17.0 Å². The average molecular weight is 355 g/mol. The summed E-state index contributed by atoms with van der Waals surface area (Å²) >= 11 is 9.31. The Kier molecular flexibility index (Phi) is 4.20. The quantitative estimate of drug-likeness (QED) is 0.461. The van der Waals surface area contributed by atoms with Gasteiger partial charge in [0.25, 0.3) is 5.69 Å². The molecule has 0 N–H and O–H groups in total. The number of nitro benzene ring substituents is 1. The second kappa shape index (κ2) is 5.73. The molecule has 0 radical (unpaired) electrons. The summed E-state index contributed by atoms with van der Waals surface area (Å²) in [5.41, 5.74) is 1.15. The monoisotopic (exact) mass is 353 g/mol. The van der Waals surface area contributed by atoms with Crippen molar-refractivity contribution in [3.05, 3.63) is 72.7 Å². The molecule has 0 atom stereocenters. The van der Waals surface area contributed by atoms with Crippen molar-refractivity contribution in [2.45, 2.75) is 6.92 Å². The van der Waals surface area contributed by atoms with Gasteiger partial charge in [-0.15, -0.1) is 0 Å². The standard InChI is InChI=1S/C14H9BrClNO3/c1-8-2-4-10(17(19)20)7-12(8)14(18)11-5-3-9(15)6-13(11)16/h2-7H,1H3. The number of carbonyl (C=O) groups excluding carboxylic acids is 1. The Balaban J connectivity index is 2.53. The van der Waals surface area contributed by atoms with Crippen LogP contribution in [-0.2, 0) is 0 Å². The lowest BCUT2D eigenvalue weighted by molar-refractivity contribution is -0.384. The van der Waals surface area contributed by atoms with Crippen molar-refractivity contribution in [3.63, 3.8) is 0 Å². The van der Waals surface area contributed by atoms with Gasteiger partial charge < -0.3 is 0 Å². The van der Waals surface area contributed by atoms with E-state index >= 15 is 0 Å². The number of non-ortho nitro benzene ring substituents is 1. The topological polar surface area (TPSA) is 60.2 Å². The number of aryl methyl sites for hydroxylation is 1. The summed E-state index contributed by atoms with van der Waals surface area (Å²) < 4.78 is 0.759. The van der Waals surface area contributed by atoms with E-state index in [9.17, 15) is 14.9 Å². The van der Waals surface area contributed by atoms with Crippen LogP contribution in [0.2, 0.25) is 5.02 Å². The van der Waals surface area contributed by atoms with Gasteiger partial charge in [-0.2, -0.15) is 0 Å². The Bertz CT molecular complexity index is 716. The third-order valence-corrected chi connectivity index (χ3v) is 3.66. The lowest BCUT2D eigenvalue weighted by Crippen LogP contribution is -2.05. The molecule has 2 aromatic carbocycles. The highest BCUT2D eigenvalue weighted by atomic mass is 79.9. The van der Waals surface area contributed by atoms with Crippen molar-refractivity contribution in [2.75, 3.05) is 0 Å². The molecule has 0 aliphatic carbocycles. The van der Waals surface area contributed by atoms with Crippen LogP contribution < -0.4 is 0 Å². The first-order valence-electron chi connectivity index (χ1n) is 5.65. The number of halogens is 2. The van der Waals surface area contributed by atoms with Crippen LogP contribution >= 0.6 is 27.5 Å². The highest BCUT2D eigenvalue weighted by Crippen LogP contribution is 2.26. The molecule has 6 heteroatoms. The van der Waals surface area contributed by atoms with E-state index in [0.29, 0.717) is 16.1 Å². The van der Waals surface area contributed by atoms with Gasteiger partial charge in [-0.25, -0.2) is 0 Å². The number of carbonyl (C=O) groups is 1. The average Bonchev–Trinajstić information content (AvgIpc) is 2.38. The Morgan fingerprint density at radius 3 is 2.50 bits per heavy atom. The Morgan fingerprint density at radius 1 is 1.20 bits per heavy atom. The molecule has 4 nitrogen and oxygen atoms in total. The molecule has 0 heterocycles. The summed E-state index contributed by atoms with van der Waals surface area (Å²) in [6, 6.07) is 9.10. The minimum absolute atomic E-state index is 0.118. The van der Waals surface area contributed by atoms with Gasteiger partial charge in [0.1, 0.15) is 0 Å². The molecule has 0 saturated carbocycles. The van der Waals surface area contributed by atoms with Gasteiger partial charge in [0, 0.05) is 27.7 Å². The van der Waals surface area contributed by atoms with Gasteiger partial charge in [0.15, 0.2) is 5.78 Å². The molecule has 0 aromatic heterocycles. The normalized spacial score (nSPS) is 10.3. The van der Waals surface area contributed by atoms with E-state index in [0.717, 1.165) is 4.47 Å². The highest BCUT2D eigenvalue weighted by molar-refractivity contribution is 9.10. The molecule has 0 bridgehead atoms. The van der Waals surface area contributed by atoms with Crippen molar-refractivity contribution in [3.8, 4) is 0 Å². The summed E-state index contributed by atoms with van der Waals surface area (Å²) in [7, 11) is 0. The maximum atomic E-state index is 12.5. The number of nitrogens with zero attached hydrogens (tertiary/aromatic N) is 1. The number of nitro groups is 1. The lowest BCUT2D eigenvalue weighted by Gasteiger charge is -2.07. The molecule has 2 aromatic rings. The summed E-state index contributed by atoms with van der Waals surface area (Å²) in [5, 5.41) is 11.1. The van der Waals surface area contributed by atoms with E-state index in [1.54, 1.807) is 31.2 Å². The number of hydrogen-bond acceptors (Lipinski definition) is 3. The molecular formula is C14H9BrClNO3. The Hall–Kier alpha value is -1.72. The molecule has 0 aliphatic rings. The Labute approximate surface area is 128 Å². The van der Waals surface area contributed by atoms with Gasteiger partial charge in [-0.05, 0) is 30.7 Å². The zero-order chi connectivity index (χ0) is 14.9. The first kappa shape index (κ1) is 14.7. The fraction of sp³-hybridized carbons (Fsp3) is 0.0714. The van der Waals surface area contributed by atoms with Crippen molar-refractivity contribution in [2.24, 2.45) is 0 Å². The van der Waals surface area contributed by atoms with Crippen LogP contribution in [-0.4, -0.2) is 10.7 Å². The summed E-state index contributed by atoms with van der Waals surface area (Å²) in [4.78, 5) is 22.7. The molecule has 0 saturated heterocycles. The molecular weight excluding hydrogens is 346 g/mol. The fourth-order valence-electron chi connectivity index (χ4n) is 1.79. The zero-order valence-electron chi connectivity index (χ0n) is 10.4. The number of hydrogen-bond donors (Lipinski definition) is 0. The van der Waals surface area contributed by atoms with Crippen molar-refractivity contribution in [1.82, 2.24) is 0 Å². The van der Waals surface area contributed by atoms with Crippen LogP contribution in [0.3, 0.4) is 0 Å². The predicted molar refractivity (Wildman–Crippen MR) is 80.4 cm³/mol. The molecule has 0 spiro atoms. The minimum atomic E-state index is -0.528. The molecule has 0 aliphatic heterocycles. The van der Waals surface area contributed by atoms with E-state index in [1.807, 2.05) is 0 Å². The second-order valence-electron chi connectivity index (χ2n) is 4.21. The van der Waals surface area contributed by atoms with E-state index in [2.05, 4.69) is 15.9 Å². The van der Waals surface area contributed by atoms with Gasteiger partial charge in [0.2, 0.25) is 0 Å². The van der Waals surface area contributed by atoms with E-state index in [-0.39, 0.29) is 17.0 Å². The fourth-order valence-corrected chi connectivity index (χ4v) is 2.55. The summed E-state index contributed by atoms with van der Waals surface area (Å²) in [6.45, 7) is 1.73. The van der Waals surface area contributed by atoms with Crippen molar-refractivity contribution >= 4 is 39.0 Å². The van der Waals surface area contributed by atoms with Crippen LogP contribution in [0.5, 0.6) is 0 Å². The molecule has 0 unspecified atom stereocenters. The molecule has 0 amide bonds. The first-order valence-corrected chi connectivity index (χ1v) is 6.82. The highest BCUT2D eigenvalue weighted by Gasteiger charge is 2.18. The first-order chi connectivity index (χ1) is 9.40. The van der Waals surface area contributed by atoms with Crippen LogP contribution in [0.1, 0.15) is 21.5 Å². The lowest BCUT2D eigenvalue weighted by atomic mass is 9.98. The number of ketones is 1. The van der Waals surface area contributed by atoms with Crippen molar-refractivity contribution in [1.29, 1.82) is 0 Å². The van der Waals surface area contributed by atoms with Crippen LogP contribution in [0.4, 0.5) is 5.69 Å². The van der Waals surface area contributed by atoms with Gasteiger partial charge >= 0.3 is 0 Å². The molecule has 102 valence electrons. The third kappa shape index (κ3) is 2.89. The maximum Gasteiger partial charge on any atom is 0.270 e. The Morgan fingerprint density at radius 2 is 1.90 bits per heavy atom. The summed E-state index contributed by atoms with van der Waals surface area (Å²) in [6.07, 6.45) is 0. The van der Waals surface area contributed by atoms with Gasteiger partial charge in [-0.3, -0.25) is 14.9 Å². The molecule has 20 heavy (non-hydrogen) atoms. The van der Waals surface area contributed by atoms with Gasteiger partial charge in [0.05, 0.1) is 9.95 Å². The number of rotatable bonds is 3. The molecule has 2 rings (SSSR count). The SMILES string of the molecule is Cc1ccc([N+](=O)[O-])cc1C(=O)c1ccc(Br)cc1Cl. The maximum absolute atomic E-state index is 12.5. The third-order valence-electron chi connectivity index (χ3n) is 2.85. The van der Waals surface area contributed by atoms with Gasteiger partial charge in [-0.1, -0.05) is 33.6 Å². The largest absolute Gasteiger partial charge is 0.289 e. The van der Waals surface area contributed by atoms with Crippen LogP contribution in [0.15, 0.2) is 40.9 Å². The van der Waals surface area contributed by atoms with E-state index < -0.39 is 4.92 Å². The summed E-state index contributed by atoms with van der Waals surface area (Å²) in [5.74, 6) is -0.330. The zero-order valence-corrected chi connectivity index (χ0v) is 12.7. The van der Waals surface area contributed by atoms with Crippen molar-refractivity contribution < 1.29 is 9.72 Å². The van der Waals surface area contributed by atoms with E-state index in [1.165, 1.54) is 12.1 Å². The van der Waals surface area contributed by atoms with Crippen LogP contribution in [0.25, 0.3) is 0 Å². The predicted octanol–water partition coefficient (Wildman–Crippen LogP) is 4.55. The second-order valence-corrected chi connectivity index (χ2v) is 5.53. The van der Waals surface area contributed by atoms with E-state index in [4.69, 9.17) is 11.6 Å². The number of benzene rings is 2.